The van der Waals surface area contributed by atoms with Gasteiger partial charge in [-0.1, -0.05) is 17.8 Å². The van der Waals surface area contributed by atoms with E-state index in [0.717, 1.165) is 17.8 Å². The molecule has 0 aliphatic heterocycles. The van der Waals surface area contributed by atoms with E-state index < -0.39 is 23.6 Å². The Morgan fingerprint density at radius 1 is 1.20 bits per heavy atom. The number of carbonyl (C=O) groups excluding carboxylic acids is 1. The maximum atomic E-state index is 13.6. The fourth-order valence-corrected chi connectivity index (χ4v) is 3.36. The largest absolute Gasteiger partial charge is 0.497 e. The van der Waals surface area contributed by atoms with E-state index in [1.807, 2.05) is 25.1 Å². The average molecular weight is 434 g/mol. The SMILES string of the molecule is COc1cccc(OC(C)c2nnc(SCC(=O)Nc3ccc(F)cc3F)n2C)c1. The first kappa shape index (κ1) is 21.6. The van der Waals surface area contributed by atoms with Crippen molar-refractivity contribution in [3.63, 3.8) is 0 Å². The van der Waals surface area contributed by atoms with E-state index in [9.17, 15) is 13.6 Å². The van der Waals surface area contributed by atoms with Crippen molar-refractivity contribution in [3.05, 3.63) is 59.9 Å². The van der Waals surface area contributed by atoms with Crippen LogP contribution in [0.4, 0.5) is 14.5 Å². The van der Waals surface area contributed by atoms with E-state index >= 15 is 0 Å². The van der Waals surface area contributed by atoms with Crippen LogP contribution in [-0.2, 0) is 11.8 Å². The molecule has 1 N–H and O–H groups in total. The van der Waals surface area contributed by atoms with Gasteiger partial charge in [-0.15, -0.1) is 10.2 Å². The van der Waals surface area contributed by atoms with Crippen molar-refractivity contribution in [1.29, 1.82) is 0 Å². The topological polar surface area (TPSA) is 78.3 Å². The Hall–Kier alpha value is -3.14. The van der Waals surface area contributed by atoms with Crippen LogP contribution in [0.2, 0.25) is 0 Å². The molecule has 1 unspecified atom stereocenters. The fraction of sp³-hybridized carbons (Fsp3) is 0.250. The van der Waals surface area contributed by atoms with E-state index in [2.05, 4.69) is 15.5 Å². The second kappa shape index (κ2) is 9.57. The molecule has 1 amide bonds. The molecule has 1 aromatic heterocycles. The number of halogens is 2. The van der Waals surface area contributed by atoms with Crippen molar-refractivity contribution in [2.24, 2.45) is 7.05 Å². The summed E-state index contributed by atoms with van der Waals surface area (Å²) in [6, 6.07) is 10.2. The minimum Gasteiger partial charge on any atom is -0.497 e. The molecule has 0 radical (unpaired) electrons. The van der Waals surface area contributed by atoms with Gasteiger partial charge >= 0.3 is 0 Å². The first-order valence-corrected chi connectivity index (χ1v) is 9.93. The second-order valence-electron chi connectivity index (χ2n) is 6.30. The van der Waals surface area contributed by atoms with Gasteiger partial charge in [0.15, 0.2) is 17.1 Å². The number of rotatable bonds is 8. The van der Waals surface area contributed by atoms with Gasteiger partial charge in [-0.25, -0.2) is 8.78 Å². The number of thioether (sulfide) groups is 1. The number of amides is 1. The summed E-state index contributed by atoms with van der Waals surface area (Å²) in [7, 11) is 3.34. The molecule has 0 bridgehead atoms. The number of nitrogens with one attached hydrogen (secondary N) is 1. The molecule has 0 aliphatic carbocycles. The lowest BCUT2D eigenvalue weighted by Crippen LogP contribution is -2.16. The standard InChI is InChI=1S/C20H20F2N4O3S/c1-12(29-15-6-4-5-14(10-15)28-3)19-24-25-20(26(19)2)30-11-18(27)23-17-8-7-13(21)9-16(17)22/h4-10,12H,11H2,1-3H3,(H,23,27). The van der Waals surface area contributed by atoms with Gasteiger partial charge in [0.2, 0.25) is 5.91 Å². The molecule has 3 rings (SSSR count). The predicted molar refractivity (Wildman–Crippen MR) is 109 cm³/mol. The lowest BCUT2D eigenvalue weighted by atomic mass is 10.3. The molecule has 3 aromatic rings. The van der Waals surface area contributed by atoms with E-state index in [0.29, 0.717) is 28.5 Å². The third kappa shape index (κ3) is 5.26. The molecule has 0 saturated carbocycles. The van der Waals surface area contributed by atoms with E-state index in [-0.39, 0.29) is 11.4 Å². The maximum Gasteiger partial charge on any atom is 0.234 e. The quantitative estimate of drug-likeness (QED) is 0.541. The van der Waals surface area contributed by atoms with Gasteiger partial charge in [0.05, 0.1) is 18.6 Å². The molecule has 0 aliphatic rings. The molecular weight excluding hydrogens is 414 g/mol. The molecule has 0 fully saturated rings. The normalized spacial score (nSPS) is 11.8. The number of aromatic nitrogens is 3. The van der Waals surface area contributed by atoms with Crippen molar-refractivity contribution in [3.8, 4) is 11.5 Å². The van der Waals surface area contributed by atoms with Gasteiger partial charge in [0.25, 0.3) is 0 Å². The van der Waals surface area contributed by atoms with Crippen LogP contribution < -0.4 is 14.8 Å². The number of carbonyl (C=O) groups is 1. The van der Waals surface area contributed by atoms with E-state index in [1.165, 1.54) is 6.07 Å². The Kier molecular flexibility index (Phi) is 6.88. The summed E-state index contributed by atoms with van der Waals surface area (Å²) in [6.45, 7) is 1.84. The number of hydrogen-bond donors (Lipinski definition) is 1. The summed E-state index contributed by atoms with van der Waals surface area (Å²) in [6.07, 6.45) is -0.397. The number of methoxy groups -OCH3 is 1. The average Bonchev–Trinajstić information content (AvgIpc) is 3.09. The number of nitrogens with zero attached hydrogens (tertiary/aromatic N) is 3. The van der Waals surface area contributed by atoms with Crippen LogP contribution in [0.5, 0.6) is 11.5 Å². The van der Waals surface area contributed by atoms with E-state index in [4.69, 9.17) is 9.47 Å². The maximum absolute atomic E-state index is 13.6. The predicted octanol–water partition coefficient (Wildman–Crippen LogP) is 3.97. The number of ether oxygens (including phenoxy) is 2. The molecule has 1 atom stereocenters. The van der Waals surface area contributed by atoms with Crippen molar-refractivity contribution >= 4 is 23.4 Å². The molecule has 0 saturated heterocycles. The highest BCUT2D eigenvalue weighted by Gasteiger charge is 2.18. The summed E-state index contributed by atoms with van der Waals surface area (Å²) < 4.78 is 39.4. The summed E-state index contributed by atoms with van der Waals surface area (Å²) in [5.74, 6) is -0.138. The van der Waals surface area contributed by atoms with Gasteiger partial charge in [0, 0.05) is 19.2 Å². The van der Waals surface area contributed by atoms with Gasteiger partial charge < -0.3 is 19.4 Å². The Bertz CT molecular complexity index is 1040. The van der Waals surface area contributed by atoms with E-state index in [1.54, 1.807) is 24.8 Å². The van der Waals surface area contributed by atoms with Crippen molar-refractivity contribution < 1.29 is 23.0 Å². The molecule has 30 heavy (non-hydrogen) atoms. The molecule has 0 spiro atoms. The van der Waals surface area contributed by atoms with Crippen LogP contribution in [0.15, 0.2) is 47.6 Å². The van der Waals surface area contributed by atoms with Gasteiger partial charge in [-0.05, 0) is 31.2 Å². The van der Waals surface area contributed by atoms with Crippen LogP contribution in [0.1, 0.15) is 18.9 Å². The number of anilines is 1. The smallest absolute Gasteiger partial charge is 0.234 e. The minimum absolute atomic E-state index is 0.0199. The summed E-state index contributed by atoms with van der Waals surface area (Å²) in [5, 5.41) is 11.1. The first-order chi connectivity index (χ1) is 14.4. The summed E-state index contributed by atoms with van der Waals surface area (Å²) in [5.41, 5.74) is -0.0824. The van der Waals surface area contributed by atoms with Crippen LogP contribution in [-0.4, -0.2) is 33.5 Å². The highest BCUT2D eigenvalue weighted by atomic mass is 32.2. The third-order valence-electron chi connectivity index (χ3n) is 4.12. The first-order valence-electron chi connectivity index (χ1n) is 8.95. The monoisotopic (exact) mass is 434 g/mol. The van der Waals surface area contributed by atoms with Crippen molar-refractivity contribution in [2.75, 3.05) is 18.2 Å². The van der Waals surface area contributed by atoms with Crippen molar-refractivity contribution in [1.82, 2.24) is 14.8 Å². The fourth-order valence-electron chi connectivity index (χ4n) is 2.64. The molecular formula is C20H20F2N4O3S. The molecule has 2 aromatic carbocycles. The Labute approximate surface area is 176 Å². The number of hydrogen-bond acceptors (Lipinski definition) is 6. The number of benzene rings is 2. The third-order valence-corrected chi connectivity index (χ3v) is 5.14. The highest BCUT2D eigenvalue weighted by molar-refractivity contribution is 7.99. The molecule has 10 heteroatoms. The molecule has 158 valence electrons. The Morgan fingerprint density at radius 3 is 2.70 bits per heavy atom. The minimum atomic E-state index is -0.835. The second-order valence-corrected chi connectivity index (χ2v) is 7.24. The van der Waals surface area contributed by atoms with Crippen LogP contribution >= 0.6 is 11.8 Å². The van der Waals surface area contributed by atoms with Crippen LogP contribution in [0.3, 0.4) is 0 Å². The lowest BCUT2D eigenvalue weighted by Gasteiger charge is -2.14. The summed E-state index contributed by atoms with van der Waals surface area (Å²) in [4.78, 5) is 12.1. The van der Waals surface area contributed by atoms with Gasteiger partial charge in [-0.3, -0.25) is 4.79 Å². The van der Waals surface area contributed by atoms with Gasteiger partial charge in [0.1, 0.15) is 23.1 Å². The zero-order valence-corrected chi connectivity index (χ0v) is 17.4. The summed E-state index contributed by atoms with van der Waals surface area (Å²) >= 11 is 1.14. The Balaban J connectivity index is 1.59. The van der Waals surface area contributed by atoms with Crippen molar-refractivity contribution in [2.45, 2.75) is 18.2 Å². The van der Waals surface area contributed by atoms with Crippen LogP contribution in [0, 0.1) is 11.6 Å². The molecule has 7 nitrogen and oxygen atoms in total. The zero-order valence-electron chi connectivity index (χ0n) is 16.6. The highest BCUT2D eigenvalue weighted by Crippen LogP contribution is 2.26. The van der Waals surface area contributed by atoms with Gasteiger partial charge in [-0.2, -0.15) is 0 Å². The lowest BCUT2D eigenvalue weighted by molar-refractivity contribution is -0.113. The zero-order chi connectivity index (χ0) is 21.7. The Morgan fingerprint density at radius 2 is 1.97 bits per heavy atom. The molecule has 1 heterocycles. The van der Waals surface area contributed by atoms with Crippen LogP contribution in [0.25, 0.3) is 0 Å².